The molecule has 1 aromatic rings. The molecule has 0 aliphatic carbocycles. The fraction of sp³-hybridized carbons (Fsp3) is 0.667. The summed E-state index contributed by atoms with van der Waals surface area (Å²) in [4.78, 5) is 8.23. The van der Waals surface area contributed by atoms with Crippen LogP contribution in [0.5, 0.6) is 0 Å². The van der Waals surface area contributed by atoms with E-state index in [1.165, 1.54) is 11.3 Å². The Balaban J connectivity index is 1.87. The van der Waals surface area contributed by atoms with Crippen molar-refractivity contribution in [3.8, 4) is 0 Å². The van der Waals surface area contributed by atoms with Gasteiger partial charge < -0.3 is 10.2 Å². The van der Waals surface area contributed by atoms with Crippen LogP contribution in [0.4, 0.5) is 0 Å². The van der Waals surface area contributed by atoms with Gasteiger partial charge in [-0.3, -0.25) is 4.99 Å². The van der Waals surface area contributed by atoms with Crippen LogP contribution in [0.3, 0.4) is 0 Å². The van der Waals surface area contributed by atoms with Gasteiger partial charge in [-0.15, -0.1) is 11.3 Å². The number of hydrogen-bond acceptors (Lipinski definition) is 2. The zero-order valence-corrected chi connectivity index (χ0v) is 13.3. The molecule has 4 heteroatoms. The molecule has 0 amide bonds. The lowest BCUT2D eigenvalue weighted by Crippen LogP contribution is -2.42. The highest BCUT2D eigenvalue weighted by molar-refractivity contribution is 7.10. The van der Waals surface area contributed by atoms with Crippen LogP contribution >= 0.6 is 11.3 Å². The third-order valence-electron chi connectivity index (χ3n) is 3.78. The largest absolute Gasteiger partial charge is 0.356 e. The van der Waals surface area contributed by atoms with Crippen molar-refractivity contribution in [3.05, 3.63) is 22.4 Å². The van der Waals surface area contributed by atoms with Gasteiger partial charge in [0.25, 0.3) is 0 Å². The number of nitrogens with zero attached hydrogens (tertiary/aromatic N) is 2. The van der Waals surface area contributed by atoms with E-state index in [1.807, 2.05) is 18.4 Å². The third-order valence-corrected chi connectivity index (χ3v) is 4.89. The molecule has 1 aromatic heterocycles. The van der Waals surface area contributed by atoms with E-state index in [1.54, 1.807) is 0 Å². The van der Waals surface area contributed by atoms with Crippen molar-refractivity contribution in [2.45, 2.75) is 33.1 Å². The minimum atomic E-state index is 0.414. The van der Waals surface area contributed by atoms with Gasteiger partial charge in [-0.05, 0) is 23.3 Å². The molecule has 1 atom stereocenters. The number of nitrogens with one attached hydrogen (secondary N) is 1. The zero-order valence-electron chi connectivity index (χ0n) is 12.4. The SMILES string of the molecule is CN=C(NCC(C)c1cccs1)N1CCC(C)(C)C1. The number of thiophene rings is 1. The van der Waals surface area contributed by atoms with E-state index in [-0.39, 0.29) is 0 Å². The summed E-state index contributed by atoms with van der Waals surface area (Å²) in [7, 11) is 1.88. The summed E-state index contributed by atoms with van der Waals surface area (Å²) in [6, 6.07) is 4.33. The van der Waals surface area contributed by atoms with Gasteiger partial charge in [0.05, 0.1) is 0 Å². The Labute approximate surface area is 120 Å². The molecule has 2 heterocycles. The summed E-state index contributed by atoms with van der Waals surface area (Å²) in [6.07, 6.45) is 1.24. The van der Waals surface area contributed by atoms with Gasteiger partial charge in [0.15, 0.2) is 5.96 Å². The average Bonchev–Trinajstić information content (AvgIpc) is 2.99. The number of aliphatic imine (C=N–C) groups is 1. The van der Waals surface area contributed by atoms with Crippen molar-refractivity contribution >= 4 is 17.3 Å². The first-order valence-electron chi connectivity index (χ1n) is 7.01. The maximum atomic E-state index is 4.42. The van der Waals surface area contributed by atoms with E-state index in [0.717, 1.165) is 25.6 Å². The van der Waals surface area contributed by atoms with Crippen LogP contribution < -0.4 is 5.32 Å². The quantitative estimate of drug-likeness (QED) is 0.680. The molecule has 0 radical (unpaired) electrons. The Morgan fingerprint density at radius 2 is 2.37 bits per heavy atom. The van der Waals surface area contributed by atoms with E-state index in [9.17, 15) is 0 Å². The minimum Gasteiger partial charge on any atom is -0.356 e. The van der Waals surface area contributed by atoms with Gasteiger partial charge in [-0.1, -0.05) is 26.8 Å². The highest BCUT2D eigenvalue weighted by Gasteiger charge is 2.30. The molecule has 106 valence electrons. The number of rotatable bonds is 3. The van der Waals surface area contributed by atoms with Gasteiger partial charge in [-0.2, -0.15) is 0 Å². The van der Waals surface area contributed by atoms with Crippen molar-refractivity contribution in [1.29, 1.82) is 0 Å². The average molecular weight is 279 g/mol. The van der Waals surface area contributed by atoms with Crippen molar-refractivity contribution in [1.82, 2.24) is 10.2 Å². The van der Waals surface area contributed by atoms with E-state index < -0.39 is 0 Å². The smallest absolute Gasteiger partial charge is 0.193 e. The van der Waals surface area contributed by atoms with E-state index in [2.05, 4.69) is 53.5 Å². The number of hydrogen-bond donors (Lipinski definition) is 1. The zero-order chi connectivity index (χ0) is 13.9. The normalized spacial score (nSPS) is 20.6. The van der Waals surface area contributed by atoms with Gasteiger partial charge in [-0.25, -0.2) is 0 Å². The Hall–Kier alpha value is -1.03. The maximum Gasteiger partial charge on any atom is 0.193 e. The van der Waals surface area contributed by atoms with E-state index >= 15 is 0 Å². The highest BCUT2D eigenvalue weighted by Crippen LogP contribution is 2.28. The highest BCUT2D eigenvalue weighted by atomic mass is 32.1. The Morgan fingerprint density at radius 1 is 1.58 bits per heavy atom. The summed E-state index contributed by atoms with van der Waals surface area (Å²) in [5.74, 6) is 1.58. The first-order valence-corrected chi connectivity index (χ1v) is 7.89. The Morgan fingerprint density at radius 3 is 2.89 bits per heavy atom. The summed E-state index contributed by atoms with van der Waals surface area (Å²) in [6.45, 7) is 10.1. The fourth-order valence-corrected chi connectivity index (χ4v) is 3.33. The summed E-state index contributed by atoms with van der Waals surface area (Å²) >= 11 is 1.83. The van der Waals surface area contributed by atoms with Gasteiger partial charge in [0.1, 0.15) is 0 Å². The lowest BCUT2D eigenvalue weighted by Gasteiger charge is -2.24. The molecular formula is C15H25N3S. The first-order chi connectivity index (χ1) is 9.02. The van der Waals surface area contributed by atoms with Crippen LogP contribution in [0.2, 0.25) is 0 Å². The van der Waals surface area contributed by atoms with Crippen LogP contribution in [-0.2, 0) is 0 Å². The third kappa shape index (κ3) is 3.72. The van der Waals surface area contributed by atoms with E-state index in [4.69, 9.17) is 0 Å². The molecule has 0 bridgehead atoms. The van der Waals surface area contributed by atoms with Crippen molar-refractivity contribution in [2.75, 3.05) is 26.7 Å². The topological polar surface area (TPSA) is 27.6 Å². The second kappa shape index (κ2) is 5.95. The molecule has 1 fully saturated rings. The van der Waals surface area contributed by atoms with Crippen LogP contribution in [0.1, 0.15) is 38.0 Å². The molecule has 2 rings (SSSR count). The lowest BCUT2D eigenvalue weighted by atomic mass is 9.93. The van der Waals surface area contributed by atoms with Gasteiger partial charge >= 0.3 is 0 Å². The van der Waals surface area contributed by atoms with Crippen molar-refractivity contribution in [2.24, 2.45) is 10.4 Å². The predicted octanol–water partition coefficient (Wildman–Crippen LogP) is 3.16. The van der Waals surface area contributed by atoms with Crippen LogP contribution in [-0.4, -0.2) is 37.5 Å². The molecule has 19 heavy (non-hydrogen) atoms. The van der Waals surface area contributed by atoms with Gasteiger partial charge in [0, 0.05) is 37.5 Å². The summed E-state index contributed by atoms with van der Waals surface area (Å²) in [5.41, 5.74) is 0.414. The van der Waals surface area contributed by atoms with Crippen LogP contribution in [0.15, 0.2) is 22.5 Å². The monoisotopic (exact) mass is 279 g/mol. The van der Waals surface area contributed by atoms with Crippen molar-refractivity contribution in [3.63, 3.8) is 0 Å². The molecule has 1 saturated heterocycles. The van der Waals surface area contributed by atoms with Gasteiger partial charge in [0.2, 0.25) is 0 Å². The molecule has 1 N–H and O–H groups in total. The summed E-state index contributed by atoms with van der Waals surface area (Å²) < 4.78 is 0. The Kier molecular flexibility index (Phi) is 4.50. The molecular weight excluding hydrogens is 254 g/mol. The second-order valence-corrected chi connectivity index (χ2v) is 7.16. The van der Waals surface area contributed by atoms with Crippen LogP contribution in [0.25, 0.3) is 0 Å². The molecule has 0 aromatic carbocycles. The molecule has 0 saturated carbocycles. The molecule has 1 aliphatic rings. The number of likely N-dealkylation sites (tertiary alicyclic amines) is 1. The maximum absolute atomic E-state index is 4.42. The van der Waals surface area contributed by atoms with Crippen molar-refractivity contribution < 1.29 is 0 Å². The van der Waals surface area contributed by atoms with E-state index in [0.29, 0.717) is 11.3 Å². The molecule has 1 aliphatic heterocycles. The number of guanidine groups is 1. The standard InChI is InChI=1S/C15H25N3S/c1-12(13-6-5-9-19-13)10-17-14(16-4)18-8-7-15(2,3)11-18/h5-6,9,12H,7-8,10-11H2,1-4H3,(H,16,17). The minimum absolute atomic E-state index is 0.414. The molecule has 3 nitrogen and oxygen atoms in total. The second-order valence-electron chi connectivity index (χ2n) is 6.18. The molecule has 1 unspecified atom stereocenters. The fourth-order valence-electron chi connectivity index (χ4n) is 2.54. The lowest BCUT2D eigenvalue weighted by molar-refractivity contribution is 0.370. The van der Waals surface area contributed by atoms with Crippen LogP contribution in [0, 0.1) is 5.41 Å². The first kappa shape index (κ1) is 14.4. The Bertz CT molecular complexity index is 423. The molecule has 0 spiro atoms. The summed E-state index contributed by atoms with van der Waals surface area (Å²) in [5, 5.41) is 5.66. The predicted molar refractivity (Wildman–Crippen MR) is 84.1 cm³/mol.